The Morgan fingerprint density at radius 1 is 1.35 bits per heavy atom. The number of rotatable bonds is 3. The molecule has 0 amide bonds. The number of carbonyl (C=O) groups excluding carboxylic acids is 1. The van der Waals surface area contributed by atoms with Crippen molar-refractivity contribution < 1.29 is 4.79 Å². The van der Waals surface area contributed by atoms with E-state index >= 15 is 0 Å². The van der Waals surface area contributed by atoms with Crippen molar-refractivity contribution in [2.75, 3.05) is 0 Å². The fourth-order valence-corrected chi connectivity index (χ4v) is 1.61. The zero-order chi connectivity index (χ0) is 12.4. The third-order valence-electron chi connectivity index (χ3n) is 2.11. The summed E-state index contributed by atoms with van der Waals surface area (Å²) in [7, 11) is 1.64. The van der Waals surface area contributed by atoms with Gasteiger partial charge in [0.2, 0.25) is 0 Å². The van der Waals surface area contributed by atoms with Gasteiger partial charge in [-0.05, 0) is 23.4 Å². The summed E-state index contributed by atoms with van der Waals surface area (Å²) in [6.45, 7) is 0. The van der Waals surface area contributed by atoms with Gasteiger partial charge in [0.05, 0.1) is 23.5 Å². The molecule has 7 heteroatoms. The van der Waals surface area contributed by atoms with Crippen LogP contribution >= 0.6 is 23.2 Å². The number of Topliss-reactive ketones (excluding diaryl/α,β-unsaturated/α-hetero) is 1. The van der Waals surface area contributed by atoms with Crippen molar-refractivity contribution >= 4 is 29.0 Å². The first-order chi connectivity index (χ1) is 8.06. The quantitative estimate of drug-likeness (QED) is 0.800. The highest BCUT2D eigenvalue weighted by Crippen LogP contribution is 2.23. The molecule has 0 N–H and O–H groups in total. The first-order valence-electron chi connectivity index (χ1n) is 4.77. The van der Waals surface area contributed by atoms with Crippen molar-refractivity contribution in [3.05, 3.63) is 39.6 Å². The standard InChI is InChI=1S/C10H8Cl2N4O/c1-16-14-10(13-15-16)5-9(17)6-2-3-7(11)8(12)4-6/h2-4H,5H2,1H3. The van der Waals surface area contributed by atoms with Gasteiger partial charge in [0, 0.05) is 5.56 Å². The van der Waals surface area contributed by atoms with Gasteiger partial charge in [0.15, 0.2) is 11.6 Å². The van der Waals surface area contributed by atoms with E-state index < -0.39 is 0 Å². The van der Waals surface area contributed by atoms with Crippen LogP contribution in [0.25, 0.3) is 0 Å². The van der Waals surface area contributed by atoms with Gasteiger partial charge in [-0.2, -0.15) is 4.80 Å². The second-order valence-electron chi connectivity index (χ2n) is 3.42. The Morgan fingerprint density at radius 2 is 2.12 bits per heavy atom. The zero-order valence-corrected chi connectivity index (χ0v) is 10.4. The van der Waals surface area contributed by atoms with Crippen LogP contribution in [-0.4, -0.2) is 26.0 Å². The smallest absolute Gasteiger partial charge is 0.182 e. The highest BCUT2D eigenvalue weighted by Gasteiger charge is 2.12. The predicted octanol–water partition coefficient (Wildman–Crippen LogP) is 1.94. The molecule has 5 nitrogen and oxygen atoms in total. The van der Waals surface area contributed by atoms with Gasteiger partial charge in [-0.25, -0.2) is 0 Å². The molecule has 0 aliphatic rings. The highest BCUT2D eigenvalue weighted by molar-refractivity contribution is 6.42. The third-order valence-corrected chi connectivity index (χ3v) is 2.85. The minimum Gasteiger partial charge on any atom is -0.294 e. The first kappa shape index (κ1) is 12.0. The van der Waals surface area contributed by atoms with Crippen LogP contribution in [-0.2, 0) is 13.5 Å². The Balaban J connectivity index is 2.17. The molecular weight excluding hydrogens is 263 g/mol. The molecular formula is C10H8Cl2N4O. The summed E-state index contributed by atoms with van der Waals surface area (Å²) in [5.41, 5.74) is 0.479. The van der Waals surface area contributed by atoms with Crippen LogP contribution < -0.4 is 0 Å². The van der Waals surface area contributed by atoms with E-state index in [9.17, 15) is 4.79 Å². The van der Waals surface area contributed by atoms with Gasteiger partial charge in [0.1, 0.15) is 0 Å². The maximum Gasteiger partial charge on any atom is 0.182 e. The van der Waals surface area contributed by atoms with Gasteiger partial charge in [-0.1, -0.05) is 23.2 Å². The average Bonchev–Trinajstić information content (AvgIpc) is 2.68. The largest absolute Gasteiger partial charge is 0.294 e. The van der Waals surface area contributed by atoms with Gasteiger partial charge in [0.25, 0.3) is 0 Å². The van der Waals surface area contributed by atoms with Crippen molar-refractivity contribution in [3.8, 4) is 0 Å². The molecule has 1 aromatic carbocycles. The molecule has 0 unspecified atom stereocenters. The van der Waals surface area contributed by atoms with Crippen LogP contribution in [0.3, 0.4) is 0 Å². The van der Waals surface area contributed by atoms with E-state index in [1.165, 1.54) is 10.9 Å². The molecule has 17 heavy (non-hydrogen) atoms. The van der Waals surface area contributed by atoms with E-state index in [1.54, 1.807) is 19.2 Å². The second-order valence-corrected chi connectivity index (χ2v) is 4.24. The number of tetrazole rings is 1. The summed E-state index contributed by atoms with van der Waals surface area (Å²) in [5, 5.41) is 12.1. The SMILES string of the molecule is Cn1nnc(CC(=O)c2ccc(Cl)c(Cl)c2)n1. The third kappa shape index (κ3) is 2.81. The number of hydrogen-bond acceptors (Lipinski definition) is 4. The normalized spacial score (nSPS) is 10.5. The predicted molar refractivity (Wildman–Crippen MR) is 63.3 cm³/mol. The summed E-state index contributed by atoms with van der Waals surface area (Å²) in [6, 6.07) is 4.73. The Morgan fingerprint density at radius 3 is 2.71 bits per heavy atom. The molecule has 0 aliphatic carbocycles. The van der Waals surface area contributed by atoms with Gasteiger partial charge < -0.3 is 0 Å². The van der Waals surface area contributed by atoms with Gasteiger partial charge in [-0.15, -0.1) is 10.2 Å². The maximum absolute atomic E-state index is 11.9. The molecule has 88 valence electrons. The minimum atomic E-state index is -0.128. The molecule has 0 saturated heterocycles. The molecule has 0 saturated carbocycles. The number of aryl methyl sites for hydroxylation is 1. The number of ketones is 1. The monoisotopic (exact) mass is 270 g/mol. The van der Waals surface area contributed by atoms with E-state index in [2.05, 4.69) is 15.4 Å². The molecule has 2 rings (SSSR count). The molecule has 2 aromatic rings. The maximum atomic E-state index is 11.9. The van der Waals surface area contributed by atoms with Crippen molar-refractivity contribution in [1.82, 2.24) is 20.2 Å². The summed E-state index contributed by atoms with van der Waals surface area (Å²) >= 11 is 11.6. The molecule has 1 heterocycles. The molecule has 0 spiro atoms. The molecule has 0 fully saturated rings. The van der Waals surface area contributed by atoms with E-state index in [0.717, 1.165) is 0 Å². The van der Waals surface area contributed by atoms with E-state index in [-0.39, 0.29) is 12.2 Å². The van der Waals surface area contributed by atoms with Crippen molar-refractivity contribution in [2.45, 2.75) is 6.42 Å². The topological polar surface area (TPSA) is 60.7 Å². The van der Waals surface area contributed by atoms with Crippen molar-refractivity contribution in [2.24, 2.45) is 7.05 Å². The lowest BCUT2D eigenvalue weighted by molar-refractivity contribution is 0.0990. The first-order valence-corrected chi connectivity index (χ1v) is 5.53. The summed E-state index contributed by atoms with van der Waals surface area (Å²) < 4.78 is 0. The van der Waals surface area contributed by atoms with Crippen molar-refractivity contribution in [1.29, 1.82) is 0 Å². The van der Waals surface area contributed by atoms with E-state index in [0.29, 0.717) is 21.4 Å². The fraction of sp³-hybridized carbons (Fsp3) is 0.200. The number of carbonyl (C=O) groups is 1. The van der Waals surface area contributed by atoms with Crippen LogP contribution in [0.1, 0.15) is 16.2 Å². The van der Waals surface area contributed by atoms with Gasteiger partial charge >= 0.3 is 0 Å². The fourth-order valence-electron chi connectivity index (χ4n) is 1.31. The Kier molecular flexibility index (Phi) is 3.40. The summed E-state index contributed by atoms with van der Waals surface area (Å²) in [5.74, 6) is 0.250. The molecule has 0 bridgehead atoms. The highest BCUT2D eigenvalue weighted by atomic mass is 35.5. The Labute approximate surface area is 107 Å². The summed E-state index contributed by atoms with van der Waals surface area (Å²) in [4.78, 5) is 13.2. The Bertz CT molecular complexity index is 567. The Hall–Kier alpha value is -1.46. The molecule has 1 aromatic heterocycles. The summed E-state index contributed by atoms with van der Waals surface area (Å²) in [6.07, 6.45) is 0.0891. The lowest BCUT2D eigenvalue weighted by atomic mass is 10.1. The lowest BCUT2D eigenvalue weighted by Gasteiger charge is -2.00. The number of nitrogens with zero attached hydrogens (tertiary/aromatic N) is 4. The number of aromatic nitrogens is 4. The number of hydrogen-bond donors (Lipinski definition) is 0. The van der Waals surface area contributed by atoms with Crippen LogP contribution in [0.2, 0.25) is 10.0 Å². The molecule has 0 atom stereocenters. The van der Waals surface area contributed by atoms with Crippen LogP contribution in [0, 0.1) is 0 Å². The number of benzene rings is 1. The molecule has 0 radical (unpaired) electrons. The van der Waals surface area contributed by atoms with Crippen molar-refractivity contribution in [3.63, 3.8) is 0 Å². The van der Waals surface area contributed by atoms with Crippen LogP contribution in [0.15, 0.2) is 18.2 Å². The van der Waals surface area contributed by atoms with Gasteiger partial charge in [-0.3, -0.25) is 4.79 Å². The van der Waals surface area contributed by atoms with Crippen LogP contribution in [0.5, 0.6) is 0 Å². The zero-order valence-electron chi connectivity index (χ0n) is 8.89. The average molecular weight is 271 g/mol. The van der Waals surface area contributed by atoms with E-state index in [4.69, 9.17) is 23.2 Å². The lowest BCUT2D eigenvalue weighted by Crippen LogP contribution is -2.05. The van der Waals surface area contributed by atoms with Crippen LogP contribution in [0.4, 0.5) is 0 Å². The second kappa shape index (κ2) is 4.81. The number of halogens is 2. The molecule has 0 aliphatic heterocycles. The van der Waals surface area contributed by atoms with E-state index in [1.807, 2.05) is 0 Å². The minimum absolute atomic E-state index is 0.0891.